The summed E-state index contributed by atoms with van der Waals surface area (Å²) in [4.78, 5) is 34.3. The molecule has 1 aliphatic rings. The zero-order valence-electron chi connectivity index (χ0n) is 16.9. The lowest BCUT2D eigenvalue weighted by molar-refractivity contribution is 0.0859. The number of nitrogens with zero attached hydrogens (tertiary/aromatic N) is 3. The molecule has 1 aromatic carbocycles. The fourth-order valence-corrected chi connectivity index (χ4v) is 3.21. The molecule has 0 saturated carbocycles. The van der Waals surface area contributed by atoms with Gasteiger partial charge in [-0.25, -0.2) is 14.8 Å². The fourth-order valence-electron chi connectivity index (χ4n) is 3.21. The summed E-state index contributed by atoms with van der Waals surface area (Å²) in [5.74, 6) is 0.276. The second-order valence-electron chi connectivity index (χ2n) is 7.01. The van der Waals surface area contributed by atoms with Gasteiger partial charge in [-0.05, 0) is 37.8 Å². The third kappa shape index (κ3) is 5.66. The van der Waals surface area contributed by atoms with E-state index in [2.05, 4.69) is 39.7 Å². The molecule has 0 spiro atoms. The number of hydrogen-bond donors (Lipinski definition) is 2. The van der Waals surface area contributed by atoms with Crippen LogP contribution in [0.3, 0.4) is 0 Å². The monoisotopic (exact) mass is 397 g/mol. The standard InChI is InChI=1S/C21H27N5O3/c1-3-29-21(28)26-10-8-18(9-11-26)25-19(27)17-13-23-20(24-14-17)22-12-16-7-5-4-6-15(16)2/h4-7,13-14,18H,3,8-12H2,1-2H3,(H,25,27)(H,22,23,24). The van der Waals surface area contributed by atoms with Gasteiger partial charge in [0, 0.05) is 38.1 Å². The van der Waals surface area contributed by atoms with E-state index in [4.69, 9.17) is 4.74 Å². The summed E-state index contributed by atoms with van der Waals surface area (Å²) < 4.78 is 5.01. The van der Waals surface area contributed by atoms with Crippen LogP contribution in [0.1, 0.15) is 41.3 Å². The van der Waals surface area contributed by atoms with E-state index in [9.17, 15) is 9.59 Å². The van der Waals surface area contributed by atoms with Gasteiger partial charge in [-0.15, -0.1) is 0 Å². The molecule has 0 aliphatic carbocycles. The van der Waals surface area contributed by atoms with Crippen molar-refractivity contribution in [3.05, 3.63) is 53.3 Å². The van der Waals surface area contributed by atoms with E-state index in [0.717, 1.165) is 0 Å². The van der Waals surface area contributed by atoms with Gasteiger partial charge < -0.3 is 20.3 Å². The smallest absolute Gasteiger partial charge is 0.409 e. The first kappa shape index (κ1) is 20.6. The van der Waals surface area contributed by atoms with Crippen molar-refractivity contribution in [3.8, 4) is 0 Å². The maximum Gasteiger partial charge on any atom is 0.409 e. The van der Waals surface area contributed by atoms with Crippen molar-refractivity contribution in [2.24, 2.45) is 0 Å². The lowest BCUT2D eigenvalue weighted by atomic mass is 10.1. The number of carbonyl (C=O) groups excluding carboxylic acids is 2. The Morgan fingerprint density at radius 3 is 2.52 bits per heavy atom. The number of hydrogen-bond acceptors (Lipinski definition) is 6. The van der Waals surface area contributed by atoms with Crippen molar-refractivity contribution in [2.75, 3.05) is 25.0 Å². The van der Waals surface area contributed by atoms with Gasteiger partial charge in [0.1, 0.15) is 0 Å². The van der Waals surface area contributed by atoms with Gasteiger partial charge in [0.15, 0.2) is 0 Å². The highest BCUT2D eigenvalue weighted by atomic mass is 16.6. The van der Waals surface area contributed by atoms with E-state index in [1.54, 1.807) is 11.8 Å². The third-order valence-electron chi connectivity index (χ3n) is 4.97. The van der Waals surface area contributed by atoms with Crippen molar-refractivity contribution in [2.45, 2.75) is 39.3 Å². The first-order chi connectivity index (χ1) is 14.1. The number of amides is 2. The van der Waals surface area contributed by atoms with E-state index < -0.39 is 0 Å². The molecule has 8 nitrogen and oxygen atoms in total. The quantitative estimate of drug-likeness (QED) is 0.778. The minimum Gasteiger partial charge on any atom is -0.450 e. The molecule has 2 heterocycles. The topological polar surface area (TPSA) is 96.5 Å². The summed E-state index contributed by atoms with van der Waals surface area (Å²) >= 11 is 0. The number of carbonyl (C=O) groups is 2. The Morgan fingerprint density at radius 2 is 1.86 bits per heavy atom. The molecular formula is C21H27N5O3. The van der Waals surface area contributed by atoms with Crippen LogP contribution in [0.25, 0.3) is 0 Å². The average molecular weight is 397 g/mol. The number of rotatable bonds is 6. The number of likely N-dealkylation sites (tertiary alicyclic amines) is 1. The minimum atomic E-state index is -0.292. The molecule has 154 valence electrons. The van der Waals surface area contributed by atoms with Crippen molar-refractivity contribution in [1.29, 1.82) is 0 Å². The second-order valence-corrected chi connectivity index (χ2v) is 7.01. The zero-order chi connectivity index (χ0) is 20.6. The minimum absolute atomic E-state index is 0.0204. The number of piperidine rings is 1. The van der Waals surface area contributed by atoms with Crippen LogP contribution in [-0.2, 0) is 11.3 Å². The molecule has 8 heteroatoms. The maximum atomic E-state index is 12.4. The van der Waals surface area contributed by atoms with Crippen LogP contribution in [0.2, 0.25) is 0 Å². The summed E-state index contributed by atoms with van der Waals surface area (Å²) in [6.45, 7) is 5.98. The summed E-state index contributed by atoms with van der Waals surface area (Å²) in [5.41, 5.74) is 2.79. The predicted octanol–water partition coefficient (Wildman–Crippen LogP) is 2.75. The Bertz CT molecular complexity index is 832. The van der Waals surface area contributed by atoms with Gasteiger partial charge in [-0.1, -0.05) is 24.3 Å². The lowest BCUT2D eigenvalue weighted by Crippen LogP contribution is -2.46. The van der Waals surface area contributed by atoms with E-state index in [-0.39, 0.29) is 18.0 Å². The van der Waals surface area contributed by atoms with Gasteiger partial charge >= 0.3 is 6.09 Å². The van der Waals surface area contributed by atoms with Crippen LogP contribution in [-0.4, -0.2) is 52.6 Å². The van der Waals surface area contributed by atoms with Crippen LogP contribution in [0, 0.1) is 6.92 Å². The van der Waals surface area contributed by atoms with Crippen LogP contribution >= 0.6 is 0 Å². The van der Waals surface area contributed by atoms with Gasteiger partial charge in [-0.2, -0.15) is 0 Å². The average Bonchev–Trinajstić information content (AvgIpc) is 2.74. The molecular weight excluding hydrogens is 370 g/mol. The van der Waals surface area contributed by atoms with Crippen molar-refractivity contribution < 1.29 is 14.3 Å². The summed E-state index contributed by atoms with van der Waals surface area (Å²) in [7, 11) is 0. The molecule has 2 aromatic rings. The predicted molar refractivity (Wildman–Crippen MR) is 110 cm³/mol. The van der Waals surface area contributed by atoms with Crippen LogP contribution < -0.4 is 10.6 Å². The largest absolute Gasteiger partial charge is 0.450 e. The molecule has 0 bridgehead atoms. The molecule has 2 amide bonds. The third-order valence-corrected chi connectivity index (χ3v) is 4.97. The first-order valence-electron chi connectivity index (χ1n) is 9.89. The first-order valence-corrected chi connectivity index (χ1v) is 9.89. The summed E-state index contributed by atoms with van der Waals surface area (Å²) in [6, 6.07) is 8.13. The Hall–Kier alpha value is -3.16. The highest BCUT2D eigenvalue weighted by Crippen LogP contribution is 2.13. The van der Waals surface area contributed by atoms with Gasteiger partial charge in [-0.3, -0.25) is 4.79 Å². The Labute approximate surface area is 170 Å². The number of anilines is 1. The van der Waals surface area contributed by atoms with Crippen LogP contribution in [0.15, 0.2) is 36.7 Å². The Kier molecular flexibility index (Phi) is 6.99. The van der Waals surface area contributed by atoms with E-state index in [0.29, 0.717) is 50.6 Å². The molecule has 29 heavy (non-hydrogen) atoms. The fraction of sp³-hybridized carbons (Fsp3) is 0.429. The Balaban J connectivity index is 1.47. The van der Waals surface area contributed by atoms with E-state index >= 15 is 0 Å². The molecule has 0 unspecified atom stereocenters. The SMILES string of the molecule is CCOC(=O)N1CCC(NC(=O)c2cnc(NCc3ccccc3C)nc2)CC1. The van der Waals surface area contributed by atoms with Gasteiger partial charge in [0.2, 0.25) is 5.95 Å². The van der Waals surface area contributed by atoms with Crippen molar-refractivity contribution in [3.63, 3.8) is 0 Å². The number of nitrogens with one attached hydrogen (secondary N) is 2. The van der Waals surface area contributed by atoms with Gasteiger partial charge in [0.25, 0.3) is 5.91 Å². The highest BCUT2D eigenvalue weighted by molar-refractivity contribution is 5.93. The van der Waals surface area contributed by atoms with E-state index in [1.807, 2.05) is 12.1 Å². The molecule has 2 N–H and O–H groups in total. The molecule has 1 aliphatic heterocycles. The lowest BCUT2D eigenvalue weighted by Gasteiger charge is -2.31. The normalized spacial score (nSPS) is 14.3. The van der Waals surface area contributed by atoms with Gasteiger partial charge in [0.05, 0.1) is 12.2 Å². The molecule has 0 radical (unpaired) electrons. The van der Waals surface area contributed by atoms with Crippen LogP contribution in [0.5, 0.6) is 0 Å². The van der Waals surface area contributed by atoms with Crippen molar-refractivity contribution >= 4 is 17.9 Å². The maximum absolute atomic E-state index is 12.4. The molecule has 0 atom stereocenters. The summed E-state index contributed by atoms with van der Waals surface area (Å²) in [5, 5.41) is 6.17. The number of benzene rings is 1. The number of aromatic nitrogens is 2. The number of aryl methyl sites for hydroxylation is 1. The molecule has 1 fully saturated rings. The number of ether oxygens (including phenoxy) is 1. The molecule has 3 rings (SSSR count). The zero-order valence-corrected chi connectivity index (χ0v) is 16.9. The highest BCUT2D eigenvalue weighted by Gasteiger charge is 2.24. The summed E-state index contributed by atoms with van der Waals surface area (Å²) in [6.07, 6.45) is 4.15. The van der Waals surface area contributed by atoms with Crippen LogP contribution in [0.4, 0.5) is 10.7 Å². The van der Waals surface area contributed by atoms with Crippen molar-refractivity contribution in [1.82, 2.24) is 20.2 Å². The molecule has 1 aromatic heterocycles. The Morgan fingerprint density at radius 1 is 1.17 bits per heavy atom. The molecule has 1 saturated heterocycles. The van der Waals surface area contributed by atoms with E-state index in [1.165, 1.54) is 23.5 Å². The second kappa shape index (κ2) is 9.86.